The van der Waals surface area contributed by atoms with Crippen molar-refractivity contribution in [2.24, 2.45) is 0 Å². The lowest BCUT2D eigenvalue weighted by atomic mass is 9.74. The lowest BCUT2D eigenvalue weighted by Gasteiger charge is -2.40. The highest BCUT2D eigenvalue weighted by molar-refractivity contribution is 5.95. The maximum absolute atomic E-state index is 13.0. The van der Waals surface area contributed by atoms with Gasteiger partial charge < -0.3 is 14.7 Å². The average Bonchev–Trinajstić information content (AvgIpc) is 2.67. The van der Waals surface area contributed by atoms with Gasteiger partial charge in [-0.05, 0) is 49.8 Å². The van der Waals surface area contributed by atoms with Crippen LogP contribution in [-0.4, -0.2) is 36.1 Å². The fraction of sp³-hybridized carbons (Fsp3) is 0.435. The molecule has 4 heteroatoms. The zero-order chi connectivity index (χ0) is 19.7. The van der Waals surface area contributed by atoms with Crippen molar-refractivity contribution in [1.29, 1.82) is 0 Å². The molecule has 1 aliphatic rings. The fourth-order valence-electron chi connectivity index (χ4n) is 3.84. The number of likely N-dealkylation sites (tertiary alicyclic amines) is 1. The van der Waals surface area contributed by atoms with E-state index >= 15 is 0 Å². The molecule has 2 aromatic carbocycles. The van der Waals surface area contributed by atoms with Crippen molar-refractivity contribution < 1.29 is 14.6 Å². The normalized spacial score (nSPS) is 16.9. The molecule has 0 radical (unpaired) electrons. The van der Waals surface area contributed by atoms with E-state index in [-0.39, 0.29) is 11.3 Å². The highest BCUT2D eigenvalue weighted by Crippen LogP contribution is 2.36. The quantitative estimate of drug-likeness (QED) is 0.884. The van der Waals surface area contributed by atoms with Gasteiger partial charge >= 0.3 is 0 Å². The van der Waals surface area contributed by atoms with Gasteiger partial charge in [0.2, 0.25) is 0 Å². The second-order valence-electron chi connectivity index (χ2n) is 8.19. The summed E-state index contributed by atoms with van der Waals surface area (Å²) in [5, 5.41) is 10.3. The maximum Gasteiger partial charge on any atom is 0.253 e. The van der Waals surface area contributed by atoms with Crippen LogP contribution in [0.2, 0.25) is 0 Å². The summed E-state index contributed by atoms with van der Waals surface area (Å²) in [6.45, 7) is 7.17. The van der Waals surface area contributed by atoms with Crippen molar-refractivity contribution >= 4 is 5.91 Å². The number of methoxy groups -OCH3 is 1. The molecule has 0 atom stereocenters. The van der Waals surface area contributed by atoms with Crippen LogP contribution in [-0.2, 0) is 11.0 Å². The summed E-state index contributed by atoms with van der Waals surface area (Å²) >= 11 is 0. The van der Waals surface area contributed by atoms with E-state index in [1.54, 1.807) is 39.2 Å². The van der Waals surface area contributed by atoms with Crippen molar-refractivity contribution in [3.63, 3.8) is 0 Å². The number of piperidine rings is 1. The molecule has 27 heavy (non-hydrogen) atoms. The molecule has 1 aliphatic heterocycles. The van der Waals surface area contributed by atoms with Crippen molar-refractivity contribution in [1.82, 2.24) is 4.90 Å². The monoisotopic (exact) mass is 367 g/mol. The molecule has 0 saturated carbocycles. The van der Waals surface area contributed by atoms with Crippen LogP contribution in [0, 0.1) is 0 Å². The molecule has 3 rings (SSSR count). The number of nitrogens with zero attached hydrogens (tertiary/aromatic N) is 1. The first-order valence-electron chi connectivity index (χ1n) is 9.50. The third kappa shape index (κ3) is 4.01. The Balaban J connectivity index is 1.75. The molecule has 1 saturated heterocycles. The number of benzene rings is 2. The SMILES string of the molecule is COc1cc(C(=O)N2CCC(C)(c3ccccc3)CC2)ccc1C(C)(C)O. The van der Waals surface area contributed by atoms with Crippen molar-refractivity contribution in [3.05, 3.63) is 65.2 Å². The third-order valence-corrected chi connectivity index (χ3v) is 5.73. The second kappa shape index (κ2) is 7.35. The molecular weight excluding hydrogens is 338 g/mol. The first-order chi connectivity index (χ1) is 12.7. The molecule has 0 spiro atoms. The molecule has 0 unspecified atom stereocenters. The molecule has 144 valence electrons. The number of carbonyl (C=O) groups excluding carboxylic acids is 1. The predicted molar refractivity (Wildman–Crippen MR) is 107 cm³/mol. The summed E-state index contributed by atoms with van der Waals surface area (Å²) < 4.78 is 5.41. The zero-order valence-electron chi connectivity index (χ0n) is 16.7. The van der Waals surface area contributed by atoms with E-state index in [1.165, 1.54) is 5.56 Å². The third-order valence-electron chi connectivity index (χ3n) is 5.73. The Morgan fingerprint density at radius 1 is 1.11 bits per heavy atom. The average molecular weight is 367 g/mol. The Labute approximate surface area is 161 Å². The van der Waals surface area contributed by atoms with Gasteiger partial charge in [0.1, 0.15) is 5.75 Å². The molecule has 0 bridgehead atoms. The second-order valence-corrected chi connectivity index (χ2v) is 8.19. The fourth-order valence-corrected chi connectivity index (χ4v) is 3.84. The van der Waals surface area contributed by atoms with E-state index in [4.69, 9.17) is 4.74 Å². The van der Waals surface area contributed by atoms with Crippen molar-refractivity contribution in [3.8, 4) is 5.75 Å². The Kier molecular flexibility index (Phi) is 5.29. The smallest absolute Gasteiger partial charge is 0.253 e. The van der Waals surface area contributed by atoms with E-state index in [1.807, 2.05) is 11.0 Å². The van der Waals surface area contributed by atoms with E-state index < -0.39 is 5.60 Å². The number of amides is 1. The van der Waals surface area contributed by atoms with Crippen LogP contribution < -0.4 is 4.74 Å². The Hall–Kier alpha value is -2.33. The predicted octanol–water partition coefficient (Wildman–Crippen LogP) is 4.12. The lowest BCUT2D eigenvalue weighted by molar-refractivity contribution is 0.0670. The lowest BCUT2D eigenvalue weighted by Crippen LogP contribution is -2.43. The molecule has 0 aromatic heterocycles. The van der Waals surface area contributed by atoms with Gasteiger partial charge in [-0.2, -0.15) is 0 Å². The van der Waals surface area contributed by atoms with Gasteiger partial charge in [0.15, 0.2) is 0 Å². The number of hydrogen-bond acceptors (Lipinski definition) is 3. The maximum atomic E-state index is 13.0. The van der Waals surface area contributed by atoms with Gasteiger partial charge in [-0.25, -0.2) is 0 Å². The molecular formula is C23H29NO3. The van der Waals surface area contributed by atoms with Gasteiger partial charge in [0.05, 0.1) is 12.7 Å². The molecule has 1 N–H and O–H groups in total. The molecule has 4 nitrogen and oxygen atoms in total. The zero-order valence-corrected chi connectivity index (χ0v) is 16.7. The molecule has 1 amide bonds. The minimum atomic E-state index is -1.02. The molecule has 1 heterocycles. The highest BCUT2D eigenvalue weighted by Gasteiger charge is 2.33. The Morgan fingerprint density at radius 3 is 2.30 bits per heavy atom. The first-order valence-corrected chi connectivity index (χ1v) is 9.50. The van der Waals surface area contributed by atoms with Gasteiger partial charge in [-0.1, -0.05) is 43.3 Å². The van der Waals surface area contributed by atoms with Gasteiger partial charge in [-0.3, -0.25) is 4.79 Å². The number of carbonyl (C=O) groups is 1. The van der Waals surface area contributed by atoms with Crippen LogP contribution in [0.25, 0.3) is 0 Å². The summed E-state index contributed by atoms with van der Waals surface area (Å²) in [6.07, 6.45) is 1.89. The molecule has 1 fully saturated rings. The van der Waals surface area contributed by atoms with Crippen LogP contribution in [0.5, 0.6) is 5.75 Å². The summed E-state index contributed by atoms with van der Waals surface area (Å²) in [6, 6.07) is 15.8. The van der Waals surface area contributed by atoms with E-state index in [2.05, 4.69) is 31.2 Å². The summed E-state index contributed by atoms with van der Waals surface area (Å²) in [5.74, 6) is 0.560. The Bertz CT molecular complexity index is 800. The van der Waals surface area contributed by atoms with Crippen LogP contribution in [0.1, 0.15) is 55.1 Å². The minimum Gasteiger partial charge on any atom is -0.496 e. The topological polar surface area (TPSA) is 49.8 Å². The van der Waals surface area contributed by atoms with E-state index in [0.29, 0.717) is 16.9 Å². The van der Waals surface area contributed by atoms with Crippen molar-refractivity contribution in [2.45, 2.75) is 44.6 Å². The largest absolute Gasteiger partial charge is 0.496 e. The molecule has 2 aromatic rings. The summed E-state index contributed by atoms with van der Waals surface area (Å²) in [4.78, 5) is 14.9. The summed E-state index contributed by atoms with van der Waals surface area (Å²) in [7, 11) is 1.56. The minimum absolute atomic E-state index is 0.0192. The van der Waals surface area contributed by atoms with Gasteiger partial charge in [0, 0.05) is 24.2 Å². The van der Waals surface area contributed by atoms with Crippen LogP contribution in [0.3, 0.4) is 0 Å². The molecule has 0 aliphatic carbocycles. The first kappa shape index (κ1) is 19.4. The van der Waals surface area contributed by atoms with Crippen LogP contribution >= 0.6 is 0 Å². The number of rotatable bonds is 4. The number of hydrogen-bond donors (Lipinski definition) is 1. The standard InChI is InChI=1S/C23H29NO3/c1-22(2,26)19-11-10-17(16-20(19)27-4)21(25)24-14-12-23(3,13-15-24)18-8-6-5-7-9-18/h5-11,16,26H,12-15H2,1-4H3. The van der Waals surface area contributed by atoms with E-state index in [0.717, 1.165) is 25.9 Å². The highest BCUT2D eigenvalue weighted by atomic mass is 16.5. The van der Waals surface area contributed by atoms with Gasteiger partial charge in [-0.15, -0.1) is 0 Å². The van der Waals surface area contributed by atoms with Gasteiger partial charge in [0.25, 0.3) is 5.91 Å². The summed E-state index contributed by atoms with van der Waals surface area (Å²) in [5.41, 5.74) is 1.71. The van der Waals surface area contributed by atoms with Crippen LogP contribution in [0.15, 0.2) is 48.5 Å². The Morgan fingerprint density at radius 2 is 1.74 bits per heavy atom. The van der Waals surface area contributed by atoms with E-state index in [9.17, 15) is 9.90 Å². The van der Waals surface area contributed by atoms with Crippen LogP contribution in [0.4, 0.5) is 0 Å². The number of aliphatic hydroxyl groups is 1. The number of ether oxygens (including phenoxy) is 1. The van der Waals surface area contributed by atoms with Crippen molar-refractivity contribution in [2.75, 3.05) is 20.2 Å².